The lowest BCUT2D eigenvalue weighted by Crippen LogP contribution is -2.46. The Morgan fingerprint density at radius 2 is 1.58 bits per heavy atom. The lowest BCUT2D eigenvalue weighted by molar-refractivity contribution is -0.120. The first-order chi connectivity index (χ1) is 16.1. The number of carbonyl (C=O) groups is 2. The number of para-hydroxylation sites is 1. The molecule has 2 aromatic carbocycles. The molecule has 1 fully saturated rings. The molecule has 1 aromatic heterocycles. The molecule has 1 aliphatic heterocycles. The van der Waals surface area contributed by atoms with E-state index in [2.05, 4.69) is 50.8 Å². The average Bonchev–Trinajstić information content (AvgIpc) is 3.29. The minimum atomic E-state index is -0.313. The van der Waals surface area contributed by atoms with E-state index in [9.17, 15) is 9.59 Å². The van der Waals surface area contributed by atoms with Crippen LogP contribution in [-0.4, -0.2) is 49.4 Å². The smallest absolute Gasteiger partial charge is 0.255 e. The quantitative estimate of drug-likeness (QED) is 0.556. The van der Waals surface area contributed by atoms with Crippen LogP contribution in [0.1, 0.15) is 27.2 Å². The second-order valence-corrected chi connectivity index (χ2v) is 8.22. The van der Waals surface area contributed by atoms with Crippen molar-refractivity contribution in [2.75, 3.05) is 37.6 Å². The Morgan fingerprint density at radius 1 is 0.879 bits per heavy atom. The second kappa shape index (κ2) is 10.8. The molecule has 33 heavy (non-hydrogen) atoms. The van der Waals surface area contributed by atoms with Crippen LogP contribution in [0.15, 0.2) is 71.3 Å². The highest BCUT2D eigenvalue weighted by Gasteiger charge is 2.18. The molecule has 2 N–H and O–H groups in total. The van der Waals surface area contributed by atoms with E-state index >= 15 is 0 Å². The Bertz CT molecular complexity index is 1070. The van der Waals surface area contributed by atoms with Crippen molar-refractivity contribution in [1.29, 1.82) is 0 Å². The van der Waals surface area contributed by atoms with Gasteiger partial charge in [0.05, 0.1) is 18.4 Å². The zero-order valence-corrected chi connectivity index (χ0v) is 18.9. The summed E-state index contributed by atoms with van der Waals surface area (Å²) in [5.74, 6) is -0.00587. The number of carbonyl (C=O) groups excluding carboxylic acids is 2. The normalized spacial score (nSPS) is 14.2. The molecule has 2 amide bonds. The van der Waals surface area contributed by atoms with Crippen LogP contribution in [-0.2, 0) is 17.9 Å². The maximum atomic E-state index is 12.3. The van der Waals surface area contributed by atoms with Gasteiger partial charge in [-0.25, -0.2) is 0 Å². The van der Waals surface area contributed by atoms with E-state index < -0.39 is 0 Å². The molecule has 7 heteroatoms. The topological polar surface area (TPSA) is 77.8 Å². The van der Waals surface area contributed by atoms with Gasteiger partial charge in [0.25, 0.3) is 5.91 Å². The van der Waals surface area contributed by atoms with Gasteiger partial charge in [-0.15, -0.1) is 0 Å². The van der Waals surface area contributed by atoms with Crippen molar-refractivity contribution in [1.82, 2.24) is 15.5 Å². The van der Waals surface area contributed by atoms with Gasteiger partial charge < -0.3 is 20.0 Å². The molecule has 0 bridgehead atoms. The van der Waals surface area contributed by atoms with E-state index in [0.717, 1.165) is 38.3 Å². The van der Waals surface area contributed by atoms with Crippen LogP contribution >= 0.6 is 0 Å². The molecule has 0 atom stereocenters. The van der Waals surface area contributed by atoms with Crippen LogP contribution in [0, 0.1) is 6.92 Å². The third-order valence-corrected chi connectivity index (χ3v) is 5.99. The summed E-state index contributed by atoms with van der Waals surface area (Å²) in [6, 6.07) is 20.3. The monoisotopic (exact) mass is 446 g/mol. The van der Waals surface area contributed by atoms with Crippen molar-refractivity contribution in [2.45, 2.75) is 20.0 Å². The highest BCUT2D eigenvalue weighted by molar-refractivity contribution is 5.97. The molecule has 0 spiro atoms. The zero-order valence-electron chi connectivity index (χ0n) is 18.9. The fourth-order valence-electron chi connectivity index (χ4n) is 4.06. The van der Waals surface area contributed by atoms with E-state index in [1.54, 1.807) is 13.0 Å². The summed E-state index contributed by atoms with van der Waals surface area (Å²) >= 11 is 0. The predicted molar refractivity (Wildman–Crippen MR) is 128 cm³/mol. The molecule has 172 valence electrons. The highest BCUT2D eigenvalue weighted by atomic mass is 16.3. The minimum absolute atomic E-state index is 0.0763. The number of benzene rings is 2. The summed E-state index contributed by atoms with van der Waals surface area (Å²) in [5, 5.41) is 5.55. The van der Waals surface area contributed by atoms with Crippen LogP contribution in [0.2, 0.25) is 0 Å². The van der Waals surface area contributed by atoms with Crippen molar-refractivity contribution in [3.8, 4) is 0 Å². The number of furan rings is 1. The van der Waals surface area contributed by atoms with Gasteiger partial charge in [-0.3, -0.25) is 14.5 Å². The van der Waals surface area contributed by atoms with Gasteiger partial charge in [0.15, 0.2) is 0 Å². The highest BCUT2D eigenvalue weighted by Crippen LogP contribution is 2.18. The maximum absolute atomic E-state index is 12.3. The molecule has 0 unspecified atom stereocenters. The third-order valence-electron chi connectivity index (χ3n) is 5.99. The fourth-order valence-corrected chi connectivity index (χ4v) is 4.06. The van der Waals surface area contributed by atoms with Crippen molar-refractivity contribution in [3.05, 3.63) is 89.4 Å². The van der Waals surface area contributed by atoms with Gasteiger partial charge in [0, 0.05) is 45.0 Å². The Morgan fingerprint density at radius 3 is 2.27 bits per heavy atom. The molecule has 1 saturated heterocycles. The molecule has 1 aliphatic rings. The summed E-state index contributed by atoms with van der Waals surface area (Å²) < 4.78 is 5.13. The number of nitrogens with one attached hydrogen (secondary N) is 2. The minimum Gasteiger partial charge on any atom is -0.469 e. The number of hydrogen-bond acceptors (Lipinski definition) is 5. The van der Waals surface area contributed by atoms with Gasteiger partial charge in [-0.05, 0) is 36.2 Å². The van der Waals surface area contributed by atoms with Crippen LogP contribution < -0.4 is 15.5 Å². The summed E-state index contributed by atoms with van der Waals surface area (Å²) in [4.78, 5) is 29.3. The van der Waals surface area contributed by atoms with Gasteiger partial charge in [-0.1, -0.05) is 42.5 Å². The van der Waals surface area contributed by atoms with E-state index in [0.29, 0.717) is 17.9 Å². The van der Waals surface area contributed by atoms with Crippen LogP contribution in [0.3, 0.4) is 0 Å². The van der Waals surface area contributed by atoms with E-state index in [-0.39, 0.29) is 18.4 Å². The maximum Gasteiger partial charge on any atom is 0.255 e. The summed E-state index contributed by atoms with van der Waals surface area (Å²) in [6.45, 7) is 6.91. The Hall–Kier alpha value is -3.58. The first kappa shape index (κ1) is 22.6. The van der Waals surface area contributed by atoms with Crippen molar-refractivity contribution in [2.24, 2.45) is 0 Å². The van der Waals surface area contributed by atoms with Crippen molar-refractivity contribution < 1.29 is 14.0 Å². The first-order valence-corrected chi connectivity index (χ1v) is 11.3. The van der Waals surface area contributed by atoms with E-state index in [1.165, 1.54) is 17.5 Å². The van der Waals surface area contributed by atoms with Gasteiger partial charge in [-0.2, -0.15) is 0 Å². The van der Waals surface area contributed by atoms with E-state index in [4.69, 9.17) is 4.42 Å². The van der Waals surface area contributed by atoms with E-state index in [1.807, 2.05) is 24.3 Å². The number of anilines is 1. The lowest BCUT2D eigenvalue weighted by atomic mass is 10.1. The van der Waals surface area contributed by atoms with Crippen molar-refractivity contribution in [3.63, 3.8) is 0 Å². The van der Waals surface area contributed by atoms with Crippen LogP contribution in [0.5, 0.6) is 0 Å². The number of amides is 2. The SMILES string of the molecule is Cc1occc1C(=O)NCC(=O)NCc1ccccc1CN1CCN(c2ccccc2)CC1. The van der Waals surface area contributed by atoms with Gasteiger partial charge >= 0.3 is 0 Å². The number of hydrogen-bond donors (Lipinski definition) is 2. The number of rotatable bonds is 8. The molecular formula is C26H30N4O3. The number of piperazine rings is 1. The molecule has 0 saturated carbocycles. The van der Waals surface area contributed by atoms with Crippen LogP contribution in [0.4, 0.5) is 5.69 Å². The first-order valence-electron chi connectivity index (χ1n) is 11.3. The average molecular weight is 447 g/mol. The van der Waals surface area contributed by atoms with Gasteiger partial charge in [0.2, 0.25) is 5.91 Å². The molecule has 0 aliphatic carbocycles. The molecule has 2 heterocycles. The standard InChI is InChI=1S/C26H30N4O3/c1-20-24(11-16-33-20)26(32)28-18-25(31)27-17-21-7-5-6-8-22(21)19-29-12-14-30(15-13-29)23-9-3-2-4-10-23/h2-11,16H,12-15,17-19H2,1H3,(H,27,31)(H,28,32). The van der Waals surface area contributed by atoms with Crippen molar-refractivity contribution >= 4 is 17.5 Å². The summed E-state index contributed by atoms with van der Waals surface area (Å²) in [5.41, 5.74) is 4.02. The molecule has 3 aromatic rings. The Kier molecular flexibility index (Phi) is 7.42. The third kappa shape index (κ3) is 6.02. The lowest BCUT2D eigenvalue weighted by Gasteiger charge is -2.36. The predicted octanol–water partition coefficient (Wildman–Crippen LogP) is 2.96. The zero-order chi connectivity index (χ0) is 23.0. The summed E-state index contributed by atoms with van der Waals surface area (Å²) in [6.07, 6.45) is 1.46. The Balaban J connectivity index is 1.25. The second-order valence-electron chi connectivity index (χ2n) is 8.22. The number of aryl methyl sites for hydroxylation is 1. The molecule has 4 rings (SSSR count). The van der Waals surface area contributed by atoms with Crippen LogP contribution in [0.25, 0.3) is 0 Å². The van der Waals surface area contributed by atoms with Gasteiger partial charge in [0.1, 0.15) is 5.76 Å². The molecule has 7 nitrogen and oxygen atoms in total. The fraction of sp³-hybridized carbons (Fsp3) is 0.308. The number of nitrogens with zero attached hydrogens (tertiary/aromatic N) is 2. The summed E-state index contributed by atoms with van der Waals surface area (Å²) in [7, 11) is 0. The molecule has 0 radical (unpaired) electrons. The molecular weight excluding hydrogens is 416 g/mol. The largest absolute Gasteiger partial charge is 0.469 e. The Labute approximate surface area is 194 Å².